The van der Waals surface area contributed by atoms with Crippen molar-refractivity contribution in [3.63, 3.8) is 0 Å². The van der Waals surface area contributed by atoms with E-state index < -0.39 is 0 Å². The number of aliphatic imine (C=N–C) groups is 1. The number of nitrogens with one attached hydrogen (secondary N) is 1. The Kier molecular flexibility index (Phi) is 5.80. The molecule has 1 aromatic heterocycles. The summed E-state index contributed by atoms with van der Waals surface area (Å²) in [4.78, 5) is 11.1. The average molecular weight is 291 g/mol. The Hall–Kier alpha value is -1.82. The lowest BCUT2D eigenvalue weighted by Crippen LogP contribution is -2.37. The van der Waals surface area contributed by atoms with Crippen LogP contribution in [0.15, 0.2) is 23.3 Å². The first-order valence-corrected chi connectivity index (χ1v) is 7.47. The first kappa shape index (κ1) is 15.6. The van der Waals surface area contributed by atoms with Crippen LogP contribution in [-0.4, -0.2) is 43.8 Å². The minimum absolute atomic E-state index is 0.487. The molecule has 0 atom stereocenters. The fourth-order valence-corrected chi connectivity index (χ4v) is 2.15. The van der Waals surface area contributed by atoms with Gasteiger partial charge in [0, 0.05) is 31.4 Å². The summed E-state index contributed by atoms with van der Waals surface area (Å²) in [5.41, 5.74) is 6.97. The lowest BCUT2D eigenvalue weighted by Gasteiger charge is -2.29. The molecule has 0 amide bonds. The van der Waals surface area contributed by atoms with Gasteiger partial charge < -0.3 is 20.7 Å². The highest BCUT2D eigenvalue weighted by Crippen LogP contribution is 2.19. The Morgan fingerprint density at radius 1 is 1.48 bits per heavy atom. The Morgan fingerprint density at radius 3 is 2.95 bits per heavy atom. The van der Waals surface area contributed by atoms with Gasteiger partial charge in [0.1, 0.15) is 5.82 Å². The summed E-state index contributed by atoms with van der Waals surface area (Å²) in [5.74, 6) is 2.02. The van der Waals surface area contributed by atoms with Crippen LogP contribution in [0, 0.1) is 5.92 Å². The fraction of sp³-hybridized carbons (Fsp3) is 0.600. The van der Waals surface area contributed by atoms with Crippen LogP contribution < -0.4 is 16.0 Å². The molecule has 1 aliphatic heterocycles. The van der Waals surface area contributed by atoms with Crippen molar-refractivity contribution in [2.24, 2.45) is 16.6 Å². The van der Waals surface area contributed by atoms with Gasteiger partial charge in [-0.05, 0) is 12.0 Å². The van der Waals surface area contributed by atoms with Gasteiger partial charge in [-0.15, -0.1) is 0 Å². The SMILES string of the molecule is CC(C)CNC(N)=NCc1cccnc1N1CCOCC1. The predicted molar refractivity (Wildman–Crippen MR) is 85.4 cm³/mol. The number of hydrogen-bond donors (Lipinski definition) is 2. The van der Waals surface area contributed by atoms with Gasteiger partial charge in [-0.2, -0.15) is 0 Å². The van der Waals surface area contributed by atoms with Crippen molar-refractivity contribution in [1.29, 1.82) is 0 Å². The van der Waals surface area contributed by atoms with Crippen molar-refractivity contribution in [2.45, 2.75) is 20.4 Å². The Bertz CT molecular complexity index is 469. The first-order chi connectivity index (χ1) is 10.2. The van der Waals surface area contributed by atoms with Gasteiger partial charge in [-0.3, -0.25) is 0 Å². The highest BCUT2D eigenvalue weighted by atomic mass is 16.5. The molecule has 1 aliphatic rings. The Morgan fingerprint density at radius 2 is 2.24 bits per heavy atom. The fourth-order valence-electron chi connectivity index (χ4n) is 2.15. The number of pyridine rings is 1. The van der Waals surface area contributed by atoms with Gasteiger partial charge in [0.2, 0.25) is 0 Å². The number of guanidine groups is 1. The number of rotatable bonds is 5. The van der Waals surface area contributed by atoms with Gasteiger partial charge in [-0.25, -0.2) is 9.98 Å². The minimum atomic E-state index is 0.487. The summed E-state index contributed by atoms with van der Waals surface area (Å²) < 4.78 is 5.39. The topological polar surface area (TPSA) is 75.8 Å². The minimum Gasteiger partial charge on any atom is -0.378 e. The molecule has 21 heavy (non-hydrogen) atoms. The van der Waals surface area contributed by atoms with Crippen molar-refractivity contribution >= 4 is 11.8 Å². The van der Waals surface area contributed by atoms with Crippen LogP contribution in [0.25, 0.3) is 0 Å². The van der Waals surface area contributed by atoms with E-state index in [4.69, 9.17) is 10.5 Å². The van der Waals surface area contributed by atoms with Crippen molar-refractivity contribution in [2.75, 3.05) is 37.7 Å². The Balaban J connectivity index is 2.00. The van der Waals surface area contributed by atoms with Crippen molar-refractivity contribution in [3.8, 4) is 0 Å². The third kappa shape index (κ3) is 4.90. The smallest absolute Gasteiger partial charge is 0.188 e. The van der Waals surface area contributed by atoms with E-state index in [0.29, 0.717) is 18.4 Å². The number of aromatic nitrogens is 1. The summed E-state index contributed by atoms with van der Waals surface area (Å²) in [7, 11) is 0. The van der Waals surface area contributed by atoms with E-state index in [2.05, 4.69) is 40.1 Å². The zero-order valence-electron chi connectivity index (χ0n) is 12.9. The molecule has 6 heteroatoms. The molecule has 0 aromatic carbocycles. The molecule has 3 N–H and O–H groups in total. The van der Waals surface area contributed by atoms with Gasteiger partial charge >= 0.3 is 0 Å². The van der Waals surface area contributed by atoms with Crippen molar-refractivity contribution in [1.82, 2.24) is 10.3 Å². The summed E-state index contributed by atoms with van der Waals surface area (Å²) >= 11 is 0. The van der Waals surface area contributed by atoms with Crippen molar-refractivity contribution in [3.05, 3.63) is 23.9 Å². The second-order valence-electron chi connectivity index (χ2n) is 5.56. The van der Waals surface area contributed by atoms with E-state index in [1.54, 1.807) is 0 Å². The van der Waals surface area contributed by atoms with E-state index in [0.717, 1.165) is 44.2 Å². The van der Waals surface area contributed by atoms with Crippen LogP contribution >= 0.6 is 0 Å². The van der Waals surface area contributed by atoms with Crippen LogP contribution in [0.2, 0.25) is 0 Å². The maximum absolute atomic E-state index is 5.88. The van der Waals surface area contributed by atoms with Gasteiger partial charge in [-0.1, -0.05) is 19.9 Å². The molecule has 0 spiro atoms. The summed E-state index contributed by atoms with van der Waals surface area (Å²) in [6.45, 7) is 8.88. The third-order valence-electron chi connectivity index (χ3n) is 3.29. The maximum Gasteiger partial charge on any atom is 0.188 e. The second-order valence-corrected chi connectivity index (χ2v) is 5.56. The molecule has 0 radical (unpaired) electrons. The van der Waals surface area contributed by atoms with E-state index in [1.807, 2.05) is 12.3 Å². The van der Waals surface area contributed by atoms with Crippen LogP contribution in [0.1, 0.15) is 19.4 Å². The molecule has 1 saturated heterocycles. The van der Waals surface area contributed by atoms with Gasteiger partial charge in [0.05, 0.1) is 19.8 Å². The zero-order valence-corrected chi connectivity index (χ0v) is 12.9. The molecule has 0 bridgehead atoms. The number of ether oxygens (including phenoxy) is 1. The average Bonchev–Trinajstić information content (AvgIpc) is 2.52. The number of hydrogen-bond acceptors (Lipinski definition) is 4. The highest BCUT2D eigenvalue weighted by Gasteiger charge is 2.15. The Labute approximate surface area is 126 Å². The molecular weight excluding hydrogens is 266 g/mol. The van der Waals surface area contributed by atoms with Crippen LogP contribution in [-0.2, 0) is 11.3 Å². The maximum atomic E-state index is 5.88. The lowest BCUT2D eigenvalue weighted by molar-refractivity contribution is 0.122. The molecule has 6 nitrogen and oxygen atoms in total. The van der Waals surface area contributed by atoms with E-state index in [1.165, 1.54) is 0 Å². The molecule has 0 aliphatic carbocycles. The van der Waals surface area contributed by atoms with Crippen molar-refractivity contribution < 1.29 is 4.74 Å². The number of morpholine rings is 1. The van der Waals surface area contributed by atoms with Crippen LogP contribution in [0.3, 0.4) is 0 Å². The monoisotopic (exact) mass is 291 g/mol. The molecule has 0 saturated carbocycles. The third-order valence-corrected chi connectivity index (χ3v) is 3.29. The number of nitrogens with two attached hydrogens (primary N) is 1. The van der Waals surface area contributed by atoms with E-state index >= 15 is 0 Å². The normalized spacial score (nSPS) is 16.3. The lowest BCUT2D eigenvalue weighted by atomic mass is 10.2. The standard InChI is InChI=1S/C15H25N5O/c1-12(2)10-18-15(16)19-11-13-4-3-5-17-14(13)20-6-8-21-9-7-20/h3-5,12H,6-11H2,1-2H3,(H3,16,18,19). The summed E-state index contributed by atoms with van der Waals surface area (Å²) in [5, 5.41) is 3.13. The molecule has 116 valence electrons. The predicted octanol–water partition coefficient (Wildman–Crippen LogP) is 0.978. The number of anilines is 1. The molecule has 1 aromatic rings. The molecule has 2 heterocycles. The van der Waals surface area contributed by atoms with Crippen LogP contribution in [0.5, 0.6) is 0 Å². The molecule has 0 unspecified atom stereocenters. The van der Waals surface area contributed by atoms with E-state index in [9.17, 15) is 0 Å². The second kappa shape index (κ2) is 7.83. The zero-order chi connectivity index (χ0) is 15.1. The highest BCUT2D eigenvalue weighted by molar-refractivity contribution is 5.77. The molecular formula is C15H25N5O. The number of nitrogens with zero attached hydrogens (tertiary/aromatic N) is 3. The van der Waals surface area contributed by atoms with Gasteiger partial charge in [0.15, 0.2) is 5.96 Å². The summed E-state index contributed by atoms with van der Waals surface area (Å²) in [6, 6.07) is 3.99. The first-order valence-electron chi connectivity index (χ1n) is 7.47. The molecule has 1 fully saturated rings. The molecule has 2 rings (SSSR count). The largest absolute Gasteiger partial charge is 0.378 e. The van der Waals surface area contributed by atoms with E-state index in [-0.39, 0.29) is 0 Å². The van der Waals surface area contributed by atoms with Gasteiger partial charge in [0.25, 0.3) is 0 Å². The summed E-state index contributed by atoms with van der Waals surface area (Å²) in [6.07, 6.45) is 1.82. The van der Waals surface area contributed by atoms with Crippen LogP contribution in [0.4, 0.5) is 5.82 Å². The quantitative estimate of drug-likeness (QED) is 0.625.